The second kappa shape index (κ2) is 15.3. The molecule has 0 unspecified atom stereocenters. The minimum absolute atomic E-state index is 0.160. The van der Waals surface area contributed by atoms with Crippen molar-refractivity contribution in [3.05, 3.63) is 0 Å². The van der Waals surface area contributed by atoms with Crippen LogP contribution >= 0.6 is 0 Å². The summed E-state index contributed by atoms with van der Waals surface area (Å²) in [6.45, 7) is -0.500. The highest BCUT2D eigenvalue weighted by atomic mass is 16.8. The maximum Gasteiger partial charge on any atom is 0.305 e. The Labute approximate surface area is 204 Å². The standard InChI is InChI=1S/C22H41NO12/c1-31-14(25)8-6-4-2-3-5-7-9-32-22-20(18(29)16(27)13(11-24)34-22)35-21-19(30)17(28)15(26)12(10-23)33-21/h12-13,15-22,24,26-30H,2-11,23H2,1H3/t12-,13-,15-,16-,17+,18+,19-,20-,21-,22+/m1/s1. The lowest BCUT2D eigenvalue weighted by molar-refractivity contribution is -0.365. The van der Waals surface area contributed by atoms with Gasteiger partial charge in [0, 0.05) is 19.6 Å². The van der Waals surface area contributed by atoms with Gasteiger partial charge >= 0.3 is 5.97 Å². The van der Waals surface area contributed by atoms with Crippen LogP contribution in [0.4, 0.5) is 0 Å². The number of unbranched alkanes of at least 4 members (excludes halogenated alkanes) is 5. The van der Waals surface area contributed by atoms with Gasteiger partial charge in [0.15, 0.2) is 12.6 Å². The van der Waals surface area contributed by atoms with E-state index in [4.69, 9.17) is 24.7 Å². The van der Waals surface area contributed by atoms with Crippen molar-refractivity contribution < 1.29 is 59.1 Å². The van der Waals surface area contributed by atoms with Crippen LogP contribution < -0.4 is 5.73 Å². The lowest BCUT2D eigenvalue weighted by Crippen LogP contribution is -2.65. The van der Waals surface area contributed by atoms with Gasteiger partial charge in [-0.3, -0.25) is 4.79 Å². The fourth-order valence-corrected chi connectivity index (χ4v) is 4.09. The number of aliphatic hydroxyl groups excluding tert-OH is 6. The first-order chi connectivity index (χ1) is 16.7. The predicted octanol–water partition coefficient (Wildman–Crippen LogP) is -2.50. The zero-order valence-corrected chi connectivity index (χ0v) is 20.1. The number of hydrogen-bond acceptors (Lipinski definition) is 13. The molecule has 0 aliphatic carbocycles. The number of carbonyl (C=O) groups is 1. The van der Waals surface area contributed by atoms with E-state index in [0.717, 1.165) is 32.1 Å². The Kier molecular flexibility index (Phi) is 13.2. The van der Waals surface area contributed by atoms with Crippen molar-refractivity contribution in [2.24, 2.45) is 5.73 Å². The van der Waals surface area contributed by atoms with E-state index in [9.17, 15) is 35.4 Å². The number of methoxy groups -OCH3 is 1. The molecule has 0 bridgehead atoms. The summed E-state index contributed by atoms with van der Waals surface area (Å²) in [6, 6.07) is 0. The quantitative estimate of drug-likeness (QED) is 0.0950. The van der Waals surface area contributed by atoms with Crippen LogP contribution in [0.1, 0.15) is 44.9 Å². The highest BCUT2D eigenvalue weighted by Gasteiger charge is 2.50. The third kappa shape index (κ3) is 8.54. The van der Waals surface area contributed by atoms with Crippen LogP contribution in [-0.2, 0) is 28.5 Å². The molecule has 2 rings (SSSR count). The summed E-state index contributed by atoms with van der Waals surface area (Å²) >= 11 is 0. The molecular formula is C22H41NO12. The molecule has 0 amide bonds. The second-order valence-electron chi connectivity index (χ2n) is 8.88. The maximum absolute atomic E-state index is 11.1. The second-order valence-corrected chi connectivity index (χ2v) is 8.88. The Bertz CT molecular complexity index is 611. The van der Waals surface area contributed by atoms with E-state index >= 15 is 0 Å². The third-order valence-corrected chi connectivity index (χ3v) is 6.30. The number of esters is 1. The molecular weight excluding hydrogens is 470 g/mol. The normalized spacial score (nSPS) is 37.8. The molecule has 8 N–H and O–H groups in total. The van der Waals surface area contributed by atoms with Crippen LogP contribution in [-0.4, -0.2) is 125 Å². The van der Waals surface area contributed by atoms with Crippen molar-refractivity contribution in [1.82, 2.24) is 0 Å². The van der Waals surface area contributed by atoms with Crippen LogP contribution in [0.2, 0.25) is 0 Å². The average molecular weight is 512 g/mol. The minimum atomic E-state index is -1.66. The van der Waals surface area contributed by atoms with Gasteiger partial charge in [-0.05, 0) is 12.8 Å². The van der Waals surface area contributed by atoms with E-state index in [1.54, 1.807) is 0 Å². The van der Waals surface area contributed by atoms with Gasteiger partial charge in [-0.1, -0.05) is 25.7 Å². The van der Waals surface area contributed by atoms with Crippen molar-refractivity contribution in [3.8, 4) is 0 Å². The monoisotopic (exact) mass is 511 g/mol. The Balaban J connectivity index is 1.86. The summed E-state index contributed by atoms with van der Waals surface area (Å²) in [6.07, 6.45) is -8.45. The van der Waals surface area contributed by atoms with E-state index in [1.165, 1.54) is 7.11 Å². The molecule has 2 fully saturated rings. The number of aliphatic hydroxyl groups is 6. The molecule has 13 nitrogen and oxygen atoms in total. The largest absolute Gasteiger partial charge is 0.469 e. The maximum atomic E-state index is 11.1. The Morgan fingerprint density at radius 1 is 0.800 bits per heavy atom. The molecule has 2 aliphatic rings. The molecule has 35 heavy (non-hydrogen) atoms. The van der Waals surface area contributed by atoms with E-state index < -0.39 is 68.0 Å². The molecule has 0 spiro atoms. The number of rotatable bonds is 14. The Morgan fingerprint density at radius 2 is 1.40 bits per heavy atom. The average Bonchev–Trinajstić information content (AvgIpc) is 2.86. The molecule has 0 aromatic heterocycles. The van der Waals surface area contributed by atoms with Gasteiger partial charge in [-0.25, -0.2) is 0 Å². The molecule has 2 aliphatic heterocycles. The zero-order valence-electron chi connectivity index (χ0n) is 20.1. The first kappa shape index (κ1) is 30.3. The van der Waals surface area contributed by atoms with Gasteiger partial charge in [0.2, 0.25) is 0 Å². The summed E-state index contributed by atoms with van der Waals surface area (Å²) in [5.41, 5.74) is 5.54. The van der Waals surface area contributed by atoms with Crippen molar-refractivity contribution in [2.75, 3.05) is 26.9 Å². The smallest absolute Gasteiger partial charge is 0.305 e. The van der Waals surface area contributed by atoms with Crippen LogP contribution in [0.15, 0.2) is 0 Å². The van der Waals surface area contributed by atoms with Crippen molar-refractivity contribution in [1.29, 1.82) is 0 Å². The van der Waals surface area contributed by atoms with Gasteiger partial charge in [0.05, 0.1) is 13.7 Å². The van der Waals surface area contributed by atoms with Crippen molar-refractivity contribution >= 4 is 5.97 Å². The topological polar surface area (TPSA) is 211 Å². The fraction of sp³-hybridized carbons (Fsp3) is 0.955. The van der Waals surface area contributed by atoms with E-state index in [1.807, 2.05) is 0 Å². The fourth-order valence-electron chi connectivity index (χ4n) is 4.09. The molecule has 2 saturated heterocycles. The van der Waals surface area contributed by atoms with Crippen LogP contribution in [0, 0.1) is 0 Å². The number of hydrogen-bond donors (Lipinski definition) is 7. The van der Waals surface area contributed by atoms with Crippen molar-refractivity contribution in [2.45, 2.75) is 106 Å². The third-order valence-electron chi connectivity index (χ3n) is 6.30. The molecule has 0 radical (unpaired) electrons. The number of nitrogens with two attached hydrogens (primary N) is 1. The summed E-state index contributed by atoms with van der Waals surface area (Å²) in [5.74, 6) is -0.216. The Morgan fingerprint density at radius 3 is 2.03 bits per heavy atom. The highest BCUT2D eigenvalue weighted by molar-refractivity contribution is 5.68. The van der Waals surface area contributed by atoms with Gasteiger partial charge < -0.3 is 60.1 Å². The Hall–Kier alpha value is -0.970. The number of carbonyl (C=O) groups excluding carboxylic acids is 1. The lowest BCUT2D eigenvalue weighted by Gasteiger charge is -2.46. The van der Waals surface area contributed by atoms with Gasteiger partial charge in [0.1, 0.15) is 48.8 Å². The zero-order chi connectivity index (χ0) is 26.0. The summed E-state index contributed by atoms with van der Waals surface area (Å²) < 4.78 is 27.0. The summed E-state index contributed by atoms with van der Waals surface area (Å²) in [5, 5.41) is 60.7. The predicted molar refractivity (Wildman–Crippen MR) is 119 cm³/mol. The van der Waals surface area contributed by atoms with Crippen molar-refractivity contribution in [3.63, 3.8) is 0 Å². The first-order valence-corrected chi connectivity index (χ1v) is 12.1. The molecule has 2 heterocycles. The van der Waals surface area contributed by atoms with E-state index in [0.29, 0.717) is 12.8 Å². The van der Waals surface area contributed by atoms with Gasteiger partial charge in [-0.2, -0.15) is 0 Å². The minimum Gasteiger partial charge on any atom is -0.469 e. The van der Waals surface area contributed by atoms with Crippen LogP contribution in [0.3, 0.4) is 0 Å². The number of ether oxygens (including phenoxy) is 5. The van der Waals surface area contributed by atoms with Gasteiger partial charge in [-0.15, -0.1) is 0 Å². The van der Waals surface area contributed by atoms with E-state index in [2.05, 4.69) is 4.74 Å². The molecule has 0 aromatic carbocycles. The molecule has 13 heteroatoms. The van der Waals surface area contributed by atoms with E-state index in [-0.39, 0.29) is 19.1 Å². The lowest BCUT2D eigenvalue weighted by atomic mass is 9.97. The summed E-state index contributed by atoms with van der Waals surface area (Å²) in [4.78, 5) is 11.1. The van der Waals surface area contributed by atoms with Crippen LogP contribution in [0.25, 0.3) is 0 Å². The molecule has 10 atom stereocenters. The van der Waals surface area contributed by atoms with Gasteiger partial charge in [0.25, 0.3) is 0 Å². The molecule has 206 valence electrons. The summed E-state index contributed by atoms with van der Waals surface area (Å²) in [7, 11) is 1.37. The molecule has 0 saturated carbocycles. The highest BCUT2D eigenvalue weighted by Crippen LogP contribution is 2.29. The SMILES string of the molecule is COC(=O)CCCCCCCCO[C@H]1O[C@H](CO)[C@@H](O)[C@H](O)[C@H]1O[C@H]1O[C@H](CN)[C@@H](O)[C@H](O)[C@H]1O. The van der Waals surface area contributed by atoms with Crippen LogP contribution in [0.5, 0.6) is 0 Å². The molecule has 0 aromatic rings. The first-order valence-electron chi connectivity index (χ1n) is 12.1.